The topological polar surface area (TPSA) is 76.1 Å². The first-order valence-electron chi connectivity index (χ1n) is 10.2. The number of hydrogen-bond donors (Lipinski definition) is 1. The summed E-state index contributed by atoms with van der Waals surface area (Å²) in [4.78, 5) is 26.1. The van der Waals surface area contributed by atoms with Crippen molar-refractivity contribution in [2.75, 3.05) is 40.0 Å². The van der Waals surface area contributed by atoms with Crippen LogP contribution in [0.2, 0.25) is 0 Å². The highest BCUT2D eigenvalue weighted by Crippen LogP contribution is 2.23. The Morgan fingerprint density at radius 1 is 1.03 bits per heavy atom. The van der Waals surface area contributed by atoms with E-state index in [4.69, 9.17) is 14.6 Å². The van der Waals surface area contributed by atoms with E-state index in [1.807, 2.05) is 36.4 Å². The quantitative estimate of drug-likeness (QED) is 0.496. The van der Waals surface area contributed by atoms with Gasteiger partial charge >= 0.3 is 0 Å². The summed E-state index contributed by atoms with van der Waals surface area (Å²) in [5, 5.41) is 8.74. The van der Waals surface area contributed by atoms with E-state index in [0.29, 0.717) is 11.3 Å². The zero-order valence-corrected chi connectivity index (χ0v) is 17.6. The van der Waals surface area contributed by atoms with Gasteiger partial charge in [-0.25, -0.2) is 0 Å². The number of benzene rings is 2. The standard InChI is InChI=1S/C25H27NO5/c1-30-25-16-21(8-9-22(25)17-26-12-14-31-15-13-26)24(29)11-7-20-4-2-19(3-5-20)6-10-23(28)18-27/h2-11,16,27H,12-15,17-18H2,1H3/b10-6+,11-7+. The summed E-state index contributed by atoms with van der Waals surface area (Å²) >= 11 is 0. The van der Waals surface area contributed by atoms with Gasteiger partial charge in [-0.1, -0.05) is 48.6 Å². The molecule has 1 saturated heterocycles. The second-order valence-electron chi connectivity index (χ2n) is 7.24. The third-order valence-corrected chi connectivity index (χ3v) is 5.05. The lowest BCUT2D eigenvalue weighted by Gasteiger charge is -2.27. The second-order valence-corrected chi connectivity index (χ2v) is 7.24. The summed E-state index contributed by atoms with van der Waals surface area (Å²) in [6.07, 6.45) is 6.27. The van der Waals surface area contributed by atoms with Crippen LogP contribution >= 0.6 is 0 Å². The van der Waals surface area contributed by atoms with Gasteiger partial charge in [-0.2, -0.15) is 0 Å². The molecule has 3 rings (SSSR count). The molecule has 2 aromatic carbocycles. The molecular formula is C25H27NO5. The molecule has 0 saturated carbocycles. The Morgan fingerprint density at radius 2 is 1.68 bits per heavy atom. The molecule has 0 spiro atoms. The van der Waals surface area contributed by atoms with Crippen molar-refractivity contribution >= 4 is 23.7 Å². The molecule has 1 N–H and O–H groups in total. The second kappa shape index (κ2) is 11.4. The number of morpholine rings is 1. The van der Waals surface area contributed by atoms with E-state index >= 15 is 0 Å². The predicted octanol–water partition coefficient (Wildman–Crippen LogP) is 3.00. The normalized spacial score (nSPS) is 14.9. The molecule has 31 heavy (non-hydrogen) atoms. The first kappa shape index (κ1) is 22.6. The van der Waals surface area contributed by atoms with Crippen molar-refractivity contribution in [2.45, 2.75) is 6.54 Å². The van der Waals surface area contributed by atoms with Gasteiger partial charge in [0.05, 0.1) is 20.3 Å². The summed E-state index contributed by atoms with van der Waals surface area (Å²) in [5.74, 6) is 0.258. The number of aliphatic hydroxyl groups is 1. The maximum atomic E-state index is 12.6. The summed E-state index contributed by atoms with van der Waals surface area (Å²) in [6, 6.07) is 13.0. The van der Waals surface area contributed by atoms with Crippen molar-refractivity contribution < 1.29 is 24.2 Å². The van der Waals surface area contributed by atoms with Crippen molar-refractivity contribution in [1.82, 2.24) is 4.90 Å². The average molecular weight is 421 g/mol. The maximum absolute atomic E-state index is 12.6. The molecule has 162 valence electrons. The van der Waals surface area contributed by atoms with E-state index in [-0.39, 0.29) is 11.6 Å². The van der Waals surface area contributed by atoms with E-state index < -0.39 is 6.61 Å². The number of ether oxygens (including phenoxy) is 2. The van der Waals surface area contributed by atoms with Gasteiger partial charge in [0.1, 0.15) is 12.4 Å². The van der Waals surface area contributed by atoms with Gasteiger partial charge in [-0.05, 0) is 29.3 Å². The van der Waals surface area contributed by atoms with E-state index in [1.54, 1.807) is 25.3 Å². The minimum atomic E-state index is -0.502. The van der Waals surface area contributed by atoms with E-state index in [2.05, 4.69) is 4.90 Å². The first-order chi connectivity index (χ1) is 15.1. The molecule has 6 heteroatoms. The van der Waals surface area contributed by atoms with Gasteiger partial charge in [0.2, 0.25) is 0 Å². The summed E-state index contributed by atoms with van der Waals surface area (Å²) in [5.41, 5.74) is 3.33. The molecule has 1 fully saturated rings. The number of hydrogen-bond acceptors (Lipinski definition) is 6. The van der Waals surface area contributed by atoms with Crippen molar-refractivity contribution in [3.63, 3.8) is 0 Å². The highest BCUT2D eigenvalue weighted by atomic mass is 16.5. The lowest BCUT2D eigenvalue weighted by molar-refractivity contribution is -0.117. The van der Waals surface area contributed by atoms with Gasteiger partial charge < -0.3 is 14.6 Å². The summed E-state index contributed by atoms with van der Waals surface area (Å²) in [7, 11) is 1.62. The summed E-state index contributed by atoms with van der Waals surface area (Å²) in [6.45, 7) is 3.52. The van der Waals surface area contributed by atoms with Gasteiger partial charge in [-0.15, -0.1) is 0 Å². The number of aliphatic hydroxyl groups excluding tert-OH is 1. The molecule has 0 amide bonds. The fraction of sp³-hybridized carbons (Fsp3) is 0.280. The lowest BCUT2D eigenvalue weighted by Crippen LogP contribution is -2.35. The molecule has 0 aromatic heterocycles. The van der Waals surface area contributed by atoms with Crippen molar-refractivity contribution in [3.05, 3.63) is 76.9 Å². The van der Waals surface area contributed by atoms with Gasteiger partial charge in [0.15, 0.2) is 11.6 Å². The molecular weight excluding hydrogens is 394 g/mol. The Balaban J connectivity index is 1.64. The Bertz CT molecular complexity index is 956. The largest absolute Gasteiger partial charge is 0.496 e. The average Bonchev–Trinajstić information content (AvgIpc) is 2.82. The van der Waals surface area contributed by atoms with E-state index in [9.17, 15) is 9.59 Å². The van der Waals surface area contributed by atoms with Crippen molar-refractivity contribution in [2.24, 2.45) is 0 Å². The molecule has 1 aliphatic rings. The van der Waals surface area contributed by atoms with E-state index in [0.717, 1.165) is 49.5 Å². The molecule has 0 aliphatic carbocycles. The third-order valence-electron chi connectivity index (χ3n) is 5.05. The molecule has 0 atom stereocenters. The van der Waals surface area contributed by atoms with Crippen LogP contribution in [0.15, 0.2) is 54.6 Å². The van der Waals surface area contributed by atoms with Crippen LogP contribution in [-0.4, -0.2) is 61.6 Å². The molecule has 1 aliphatic heterocycles. The van der Waals surface area contributed by atoms with Crippen LogP contribution in [-0.2, 0) is 16.1 Å². The van der Waals surface area contributed by atoms with Crippen LogP contribution in [0.1, 0.15) is 27.0 Å². The van der Waals surface area contributed by atoms with Crippen LogP contribution in [0.4, 0.5) is 0 Å². The number of ketones is 2. The zero-order valence-electron chi connectivity index (χ0n) is 17.6. The fourth-order valence-corrected chi connectivity index (χ4v) is 3.26. The molecule has 0 radical (unpaired) electrons. The van der Waals surface area contributed by atoms with Crippen LogP contribution in [0, 0.1) is 0 Å². The Labute approximate surface area is 182 Å². The highest BCUT2D eigenvalue weighted by Gasteiger charge is 2.14. The zero-order chi connectivity index (χ0) is 22.1. The smallest absolute Gasteiger partial charge is 0.185 e. The molecule has 0 bridgehead atoms. The SMILES string of the molecule is COc1cc(C(=O)/C=C/c2ccc(/C=C/C(=O)CO)cc2)ccc1CN1CCOCC1. The van der Waals surface area contributed by atoms with Crippen LogP contribution < -0.4 is 4.74 Å². The monoisotopic (exact) mass is 421 g/mol. The number of carbonyl (C=O) groups is 2. The Hall–Kier alpha value is -3.06. The van der Waals surface area contributed by atoms with Gasteiger partial charge in [-0.3, -0.25) is 14.5 Å². The number of nitrogens with zero attached hydrogens (tertiary/aromatic N) is 1. The highest BCUT2D eigenvalue weighted by molar-refractivity contribution is 6.07. The van der Waals surface area contributed by atoms with Crippen LogP contribution in [0.25, 0.3) is 12.2 Å². The van der Waals surface area contributed by atoms with Crippen LogP contribution in [0.3, 0.4) is 0 Å². The van der Waals surface area contributed by atoms with Crippen molar-refractivity contribution in [3.8, 4) is 5.75 Å². The Kier molecular flexibility index (Phi) is 8.29. The number of methoxy groups -OCH3 is 1. The van der Waals surface area contributed by atoms with Crippen LogP contribution in [0.5, 0.6) is 5.75 Å². The molecule has 1 heterocycles. The minimum Gasteiger partial charge on any atom is -0.496 e. The van der Waals surface area contributed by atoms with Gasteiger partial charge in [0, 0.05) is 30.8 Å². The third kappa shape index (κ3) is 6.72. The van der Waals surface area contributed by atoms with E-state index in [1.165, 1.54) is 12.2 Å². The van der Waals surface area contributed by atoms with Crippen molar-refractivity contribution in [1.29, 1.82) is 0 Å². The Morgan fingerprint density at radius 3 is 2.29 bits per heavy atom. The van der Waals surface area contributed by atoms with Gasteiger partial charge in [0.25, 0.3) is 0 Å². The first-order valence-corrected chi connectivity index (χ1v) is 10.2. The predicted molar refractivity (Wildman–Crippen MR) is 120 cm³/mol. The molecule has 0 unspecified atom stereocenters. The summed E-state index contributed by atoms with van der Waals surface area (Å²) < 4.78 is 10.9. The lowest BCUT2D eigenvalue weighted by atomic mass is 10.0. The number of rotatable bonds is 9. The number of carbonyl (C=O) groups excluding carboxylic acids is 2. The number of allylic oxidation sites excluding steroid dienone is 1. The molecule has 2 aromatic rings. The molecule has 6 nitrogen and oxygen atoms in total. The fourth-order valence-electron chi connectivity index (χ4n) is 3.26. The maximum Gasteiger partial charge on any atom is 0.185 e. The minimum absolute atomic E-state index is 0.103.